The number of hydrogen-bond acceptors (Lipinski definition) is 5. The van der Waals surface area contributed by atoms with Crippen LogP contribution in [0.25, 0.3) is 0 Å². The van der Waals surface area contributed by atoms with Crippen molar-refractivity contribution in [2.45, 2.75) is 19.8 Å². The van der Waals surface area contributed by atoms with Crippen LogP contribution < -0.4 is 16.0 Å². The molecule has 22 heavy (non-hydrogen) atoms. The fourth-order valence-corrected chi connectivity index (χ4v) is 2.28. The molecule has 2 rings (SSSR count). The van der Waals surface area contributed by atoms with Gasteiger partial charge in [0.1, 0.15) is 5.75 Å². The number of carbonyl (C=O) groups is 3. The number of anilines is 1. The second-order valence-corrected chi connectivity index (χ2v) is 5.32. The van der Waals surface area contributed by atoms with Gasteiger partial charge in [0.15, 0.2) is 0 Å². The molecule has 0 spiro atoms. The SMILES string of the molecule is Cc1ccc(O)c(NC(=O)C(=O)NC(=O)C2CCNCC2)c1. The summed E-state index contributed by atoms with van der Waals surface area (Å²) in [6.45, 7) is 3.22. The Morgan fingerprint density at radius 2 is 1.86 bits per heavy atom. The first-order valence-corrected chi connectivity index (χ1v) is 7.14. The molecule has 1 saturated heterocycles. The number of aromatic hydroxyl groups is 1. The van der Waals surface area contributed by atoms with E-state index in [4.69, 9.17) is 0 Å². The van der Waals surface area contributed by atoms with Crippen molar-refractivity contribution in [3.8, 4) is 5.75 Å². The van der Waals surface area contributed by atoms with Crippen LogP contribution in [0.4, 0.5) is 5.69 Å². The summed E-state index contributed by atoms with van der Waals surface area (Å²) in [5.41, 5.74) is 0.953. The molecule has 0 unspecified atom stereocenters. The first-order valence-electron chi connectivity index (χ1n) is 7.14. The molecule has 1 aromatic rings. The van der Waals surface area contributed by atoms with Crippen molar-refractivity contribution in [1.82, 2.24) is 10.6 Å². The zero-order valence-electron chi connectivity index (χ0n) is 12.3. The van der Waals surface area contributed by atoms with Gasteiger partial charge in [-0.05, 0) is 50.6 Å². The lowest BCUT2D eigenvalue weighted by Crippen LogP contribution is -2.44. The van der Waals surface area contributed by atoms with Gasteiger partial charge in [0.25, 0.3) is 0 Å². The van der Waals surface area contributed by atoms with Gasteiger partial charge in [-0.3, -0.25) is 19.7 Å². The van der Waals surface area contributed by atoms with Gasteiger partial charge < -0.3 is 15.7 Å². The zero-order valence-corrected chi connectivity index (χ0v) is 12.3. The maximum absolute atomic E-state index is 11.9. The molecule has 1 aromatic carbocycles. The Morgan fingerprint density at radius 3 is 2.55 bits per heavy atom. The van der Waals surface area contributed by atoms with Gasteiger partial charge in [-0.1, -0.05) is 6.07 Å². The Labute approximate surface area is 128 Å². The fourth-order valence-electron chi connectivity index (χ4n) is 2.28. The van der Waals surface area contributed by atoms with Gasteiger partial charge in [0.05, 0.1) is 5.69 Å². The molecule has 1 fully saturated rings. The number of hydrogen-bond donors (Lipinski definition) is 4. The van der Waals surface area contributed by atoms with Crippen molar-refractivity contribution in [3.05, 3.63) is 23.8 Å². The third-order valence-electron chi connectivity index (χ3n) is 3.55. The minimum Gasteiger partial charge on any atom is -0.506 e. The van der Waals surface area contributed by atoms with Crippen LogP contribution >= 0.6 is 0 Å². The molecule has 0 atom stereocenters. The molecule has 1 aliphatic heterocycles. The van der Waals surface area contributed by atoms with Gasteiger partial charge in [-0.25, -0.2) is 0 Å². The van der Waals surface area contributed by atoms with Crippen molar-refractivity contribution in [3.63, 3.8) is 0 Å². The predicted octanol–water partition coefficient (Wildman–Crippen LogP) is 0.282. The average molecular weight is 305 g/mol. The Hall–Kier alpha value is -2.41. The van der Waals surface area contributed by atoms with Crippen LogP contribution in [0.1, 0.15) is 18.4 Å². The van der Waals surface area contributed by atoms with Gasteiger partial charge in [0.2, 0.25) is 5.91 Å². The van der Waals surface area contributed by atoms with Crippen LogP contribution in [-0.4, -0.2) is 35.9 Å². The number of nitrogens with one attached hydrogen (secondary N) is 3. The molecule has 7 nitrogen and oxygen atoms in total. The second-order valence-electron chi connectivity index (χ2n) is 5.32. The van der Waals surface area contributed by atoms with Gasteiger partial charge in [-0.2, -0.15) is 0 Å². The Bertz CT molecular complexity index is 594. The van der Waals surface area contributed by atoms with E-state index in [1.165, 1.54) is 12.1 Å². The molecule has 118 valence electrons. The lowest BCUT2D eigenvalue weighted by molar-refractivity contribution is -0.141. The summed E-state index contributed by atoms with van der Waals surface area (Å²) >= 11 is 0. The molecule has 0 radical (unpaired) electrons. The van der Waals surface area contributed by atoms with E-state index in [1.54, 1.807) is 13.0 Å². The molecule has 0 bridgehead atoms. The molecule has 4 N–H and O–H groups in total. The largest absolute Gasteiger partial charge is 0.506 e. The number of phenolic OH excluding ortho intramolecular Hbond substituents is 1. The number of aryl methyl sites for hydroxylation is 1. The molecule has 7 heteroatoms. The highest BCUT2D eigenvalue weighted by molar-refractivity contribution is 6.42. The first kappa shape index (κ1) is 16.0. The number of imide groups is 1. The topological polar surface area (TPSA) is 108 Å². The fraction of sp³-hybridized carbons (Fsp3) is 0.400. The van der Waals surface area contributed by atoms with Crippen LogP contribution in [0.2, 0.25) is 0 Å². The smallest absolute Gasteiger partial charge is 0.316 e. The molecular weight excluding hydrogens is 286 g/mol. The van der Waals surface area contributed by atoms with Gasteiger partial charge in [-0.15, -0.1) is 0 Å². The highest BCUT2D eigenvalue weighted by atomic mass is 16.3. The monoisotopic (exact) mass is 305 g/mol. The molecular formula is C15H19N3O4. The minimum absolute atomic E-state index is 0.134. The predicted molar refractivity (Wildman–Crippen MR) is 80.2 cm³/mol. The van der Waals surface area contributed by atoms with Gasteiger partial charge in [0, 0.05) is 5.92 Å². The molecule has 0 aliphatic carbocycles. The van der Waals surface area contributed by atoms with E-state index in [2.05, 4.69) is 16.0 Å². The summed E-state index contributed by atoms with van der Waals surface area (Å²) in [4.78, 5) is 35.4. The molecule has 1 aliphatic rings. The number of benzene rings is 1. The Kier molecular flexibility index (Phi) is 5.11. The lowest BCUT2D eigenvalue weighted by Gasteiger charge is -2.21. The van der Waals surface area contributed by atoms with E-state index in [-0.39, 0.29) is 17.4 Å². The van der Waals surface area contributed by atoms with Crippen LogP contribution in [-0.2, 0) is 14.4 Å². The number of carbonyl (C=O) groups excluding carboxylic acids is 3. The zero-order chi connectivity index (χ0) is 16.1. The summed E-state index contributed by atoms with van der Waals surface area (Å²) in [6, 6.07) is 4.63. The highest BCUT2D eigenvalue weighted by Crippen LogP contribution is 2.23. The molecule has 0 aromatic heterocycles. The Balaban J connectivity index is 1.93. The van der Waals surface area contributed by atoms with Crippen molar-refractivity contribution in [1.29, 1.82) is 0 Å². The van der Waals surface area contributed by atoms with E-state index in [0.717, 1.165) is 18.7 Å². The van der Waals surface area contributed by atoms with Crippen molar-refractivity contribution in [2.24, 2.45) is 5.92 Å². The quantitative estimate of drug-likeness (QED) is 0.464. The van der Waals surface area contributed by atoms with E-state index < -0.39 is 17.7 Å². The molecule has 0 saturated carbocycles. The number of amides is 3. The van der Waals surface area contributed by atoms with E-state index in [0.29, 0.717) is 12.8 Å². The lowest BCUT2D eigenvalue weighted by atomic mass is 9.97. The maximum atomic E-state index is 11.9. The van der Waals surface area contributed by atoms with E-state index in [1.807, 2.05) is 0 Å². The van der Waals surface area contributed by atoms with Crippen LogP contribution in [0.5, 0.6) is 5.75 Å². The normalized spacial score (nSPS) is 15.1. The third-order valence-corrected chi connectivity index (χ3v) is 3.55. The van der Waals surface area contributed by atoms with Crippen LogP contribution in [0.3, 0.4) is 0 Å². The maximum Gasteiger partial charge on any atom is 0.316 e. The summed E-state index contributed by atoms with van der Waals surface area (Å²) in [7, 11) is 0. The van der Waals surface area contributed by atoms with Gasteiger partial charge >= 0.3 is 11.8 Å². The summed E-state index contributed by atoms with van der Waals surface area (Å²) in [5.74, 6) is -2.84. The summed E-state index contributed by atoms with van der Waals surface area (Å²) in [5, 5.41) is 17.1. The summed E-state index contributed by atoms with van der Waals surface area (Å²) < 4.78 is 0. The second kappa shape index (κ2) is 7.04. The van der Waals surface area contributed by atoms with Crippen molar-refractivity contribution < 1.29 is 19.5 Å². The van der Waals surface area contributed by atoms with E-state index in [9.17, 15) is 19.5 Å². The highest BCUT2D eigenvalue weighted by Gasteiger charge is 2.25. The molecule has 1 heterocycles. The van der Waals surface area contributed by atoms with Crippen LogP contribution in [0, 0.1) is 12.8 Å². The van der Waals surface area contributed by atoms with Crippen molar-refractivity contribution >= 4 is 23.4 Å². The third kappa shape index (κ3) is 4.05. The number of rotatable bonds is 2. The number of piperidine rings is 1. The van der Waals surface area contributed by atoms with E-state index >= 15 is 0 Å². The first-order chi connectivity index (χ1) is 10.5. The van der Waals surface area contributed by atoms with Crippen molar-refractivity contribution in [2.75, 3.05) is 18.4 Å². The minimum atomic E-state index is -1.02. The molecule has 3 amide bonds. The standard InChI is InChI=1S/C15H19N3O4/c1-9-2-3-12(19)11(8-9)17-14(21)15(22)18-13(20)10-4-6-16-7-5-10/h2-3,8,10,16,19H,4-7H2,1H3,(H,17,21)(H,18,20,22). The van der Waals surface area contributed by atoms with Crippen LogP contribution in [0.15, 0.2) is 18.2 Å². The average Bonchev–Trinajstić information content (AvgIpc) is 2.51. The number of phenols is 1. The summed E-state index contributed by atoms with van der Waals surface area (Å²) in [6.07, 6.45) is 1.28. The Morgan fingerprint density at radius 1 is 1.18 bits per heavy atom.